The Morgan fingerprint density at radius 2 is 2.14 bits per heavy atom. The molecule has 1 amide bonds. The number of benzene rings is 1. The normalized spacial score (nSPS) is 13.8. The van der Waals surface area contributed by atoms with Gasteiger partial charge in [0.25, 0.3) is 0 Å². The van der Waals surface area contributed by atoms with Gasteiger partial charge in [0, 0.05) is 16.5 Å². The summed E-state index contributed by atoms with van der Waals surface area (Å²) in [7, 11) is 1.59. The molecular weight excluding hydrogens is 298 g/mol. The molecule has 0 fully saturated rings. The number of nitrogens with one attached hydrogen (secondary N) is 1. The molecule has 1 atom stereocenters. The highest BCUT2D eigenvalue weighted by molar-refractivity contribution is 7.10. The van der Waals surface area contributed by atoms with E-state index in [1.165, 1.54) is 17.4 Å². The fourth-order valence-electron chi connectivity index (χ4n) is 1.96. The standard InChI is InChI=1S/C17H19NO3S/c1-17(20,15-8-5-11-22-15)12-18-16(19)10-9-13-6-3-4-7-14(13)21-2/h3-11,20H,12H2,1-2H3,(H,18,19). The van der Waals surface area contributed by atoms with E-state index in [9.17, 15) is 9.90 Å². The van der Waals surface area contributed by atoms with E-state index in [2.05, 4.69) is 5.32 Å². The average molecular weight is 317 g/mol. The van der Waals surface area contributed by atoms with Crippen LogP contribution in [0.4, 0.5) is 0 Å². The van der Waals surface area contributed by atoms with Crippen molar-refractivity contribution >= 4 is 23.3 Å². The summed E-state index contributed by atoms with van der Waals surface area (Å²) < 4.78 is 5.22. The first kappa shape index (κ1) is 16.3. The quantitative estimate of drug-likeness (QED) is 0.806. The van der Waals surface area contributed by atoms with Crippen molar-refractivity contribution in [1.82, 2.24) is 5.32 Å². The van der Waals surface area contributed by atoms with E-state index < -0.39 is 5.60 Å². The first-order valence-electron chi connectivity index (χ1n) is 6.88. The Morgan fingerprint density at radius 1 is 1.36 bits per heavy atom. The fraction of sp³-hybridized carbons (Fsp3) is 0.235. The van der Waals surface area contributed by atoms with Gasteiger partial charge in [0.15, 0.2) is 0 Å². The minimum atomic E-state index is -1.07. The second-order valence-corrected chi connectivity index (χ2v) is 5.99. The maximum absolute atomic E-state index is 11.9. The van der Waals surface area contributed by atoms with Crippen molar-refractivity contribution < 1.29 is 14.6 Å². The Bertz CT molecular complexity index is 648. The molecule has 5 heteroatoms. The lowest BCUT2D eigenvalue weighted by Gasteiger charge is -2.21. The molecule has 0 saturated carbocycles. The summed E-state index contributed by atoms with van der Waals surface area (Å²) in [5.41, 5.74) is -0.243. The van der Waals surface area contributed by atoms with Crippen LogP contribution in [-0.2, 0) is 10.4 Å². The highest BCUT2D eigenvalue weighted by Crippen LogP contribution is 2.24. The monoisotopic (exact) mass is 317 g/mol. The van der Waals surface area contributed by atoms with Gasteiger partial charge in [0.05, 0.1) is 13.7 Å². The zero-order chi connectivity index (χ0) is 16.0. The summed E-state index contributed by atoms with van der Waals surface area (Å²) in [6.07, 6.45) is 3.12. The van der Waals surface area contributed by atoms with Crippen LogP contribution in [0.15, 0.2) is 47.9 Å². The topological polar surface area (TPSA) is 58.6 Å². The van der Waals surface area contributed by atoms with Gasteiger partial charge in [0.2, 0.25) is 5.91 Å². The maximum Gasteiger partial charge on any atom is 0.244 e. The van der Waals surface area contributed by atoms with Crippen LogP contribution in [0.25, 0.3) is 6.08 Å². The molecule has 0 saturated heterocycles. The number of ether oxygens (including phenoxy) is 1. The van der Waals surface area contributed by atoms with Crippen LogP contribution in [0.3, 0.4) is 0 Å². The number of rotatable bonds is 6. The summed E-state index contributed by atoms with van der Waals surface area (Å²) >= 11 is 1.46. The van der Waals surface area contributed by atoms with Gasteiger partial charge in [-0.1, -0.05) is 24.3 Å². The van der Waals surface area contributed by atoms with Gasteiger partial charge >= 0.3 is 0 Å². The minimum Gasteiger partial charge on any atom is -0.496 e. The molecule has 2 rings (SSSR count). The highest BCUT2D eigenvalue weighted by atomic mass is 32.1. The van der Waals surface area contributed by atoms with Crippen LogP contribution >= 0.6 is 11.3 Å². The number of hydrogen-bond donors (Lipinski definition) is 2. The number of thiophene rings is 1. The summed E-state index contributed by atoms with van der Waals surface area (Å²) in [5.74, 6) is 0.444. The van der Waals surface area contributed by atoms with Gasteiger partial charge in [-0.3, -0.25) is 4.79 Å². The van der Waals surface area contributed by atoms with E-state index in [1.54, 1.807) is 20.1 Å². The highest BCUT2D eigenvalue weighted by Gasteiger charge is 2.24. The second kappa shape index (κ2) is 7.24. The molecule has 116 valence electrons. The zero-order valence-electron chi connectivity index (χ0n) is 12.6. The molecule has 4 nitrogen and oxygen atoms in total. The van der Waals surface area contributed by atoms with Gasteiger partial charge in [-0.15, -0.1) is 11.3 Å². The first-order chi connectivity index (χ1) is 10.5. The molecule has 0 radical (unpaired) electrons. The molecule has 2 N–H and O–H groups in total. The molecule has 1 heterocycles. The third-order valence-corrected chi connectivity index (χ3v) is 4.34. The molecule has 1 unspecified atom stereocenters. The van der Waals surface area contributed by atoms with Crippen molar-refractivity contribution in [2.75, 3.05) is 13.7 Å². The Morgan fingerprint density at radius 3 is 2.82 bits per heavy atom. The van der Waals surface area contributed by atoms with Crippen molar-refractivity contribution in [3.63, 3.8) is 0 Å². The summed E-state index contributed by atoms with van der Waals surface area (Å²) in [6.45, 7) is 1.84. The van der Waals surface area contributed by atoms with Gasteiger partial charge in [-0.05, 0) is 30.5 Å². The lowest BCUT2D eigenvalue weighted by Crippen LogP contribution is -2.37. The number of hydrogen-bond acceptors (Lipinski definition) is 4. The fourth-order valence-corrected chi connectivity index (χ4v) is 2.75. The Labute approximate surface area is 134 Å². The molecule has 2 aromatic rings. The number of carbonyl (C=O) groups is 1. The maximum atomic E-state index is 11.9. The number of para-hydroxylation sites is 1. The smallest absolute Gasteiger partial charge is 0.244 e. The molecule has 0 aliphatic carbocycles. The Balaban J connectivity index is 1.94. The van der Waals surface area contributed by atoms with Crippen LogP contribution in [0, 0.1) is 0 Å². The number of amides is 1. The molecule has 1 aromatic heterocycles. The molecular formula is C17H19NO3S. The SMILES string of the molecule is COc1ccccc1C=CC(=O)NCC(C)(O)c1cccs1. The third kappa shape index (κ3) is 4.19. The molecule has 0 bridgehead atoms. The Kier molecular flexibility index (Phi) is 5.35. The first-order valence-corrected chi connectivity index (χ1v) is 7.76. The molecule has 0 aliphatic rings. The number of carbonyl (C=O) groups excluding carboxylic acids is 1. The summed E-state index contributed by atoms with van der Waals surface area (Å²) in [6, 6.07) is 11.2. The van der Waals surface area contributed by atoms with E-state index in [1.807, 2.05) is 41.8 Å². The van der Waals surface area contributed by atoms with Crippen LogP contribution in [-0.4, -0.2) is 24.7 Å². The van der Waals surface area contributed by atoms with E-state index in [0.29, 0.717) is 5.75 Å². The average Bonchev–Trinajstić information content (AvgIpc) is 3.06. The van der Waals surface area contributed by atoms with Gasteiger partial charge in [-0.25, -0.2) is 0 Å². The van der Waals surface area contributed by atoms with Crippen molar-refractivity contribution in [3.05, 3.63) is 58.3 Å². The molecule has 0 aliphatic heterocycles. The molecule has 22 heavy (non-hydrogen) atoms. The predicted octanol–water partition coefficient (Wildman–Crippen LogP) is 2.79. The van der Waals surface area contributed by atoms with Gasteiger partial charge in [0.1, 0.15) is 11.4 Å². The molecule has 0 spiro atoms. The van der Waals surface area contributed by atoms with Gasteiger partial charge < -0.3 is 15.2 Å². The number of methoxy groups -OCH3 is 1. The van der Waals surface area contributed by atoms with E-state index in [0.717, 1.165) is 10.4 Å². The van der Waals surface area contributed by atoms with Crippen LogP contribution in [0.1, 0.15) is 17.4 Å². The number of aliphatic hydroxyl groups is 1. The molecule has 1 aromatic carbocycles. The van der Waals surface area contributed by atoms with Crippen molar-refractivity contribution in [2.24, 2.45) is 0 Å². The Hall–Kier alpha value is -2.11. The predicted molar refractivity (Wildman–Crippen MR) is 88.9 cm³/mol. The summed E-state index contributed by atoms with van der Waals surface area (Å²) in [5, 5.41) is 14.9. The van der Waals surface area contributed by atoms with E-state index in [4.69, 9.17) is 4.74 Å². The zero-order valence-corrected chi connectivity index (χ0v) is 13.4. The minimum absolute atomic E-state index is 0.155. The van der Waals surface area contributed by atoms with Crippen LogP contribution < -0.4 is 10.1 Å². The lowest BCUT2D eigenvalue weighted by molar-refractivity contribution is -0.117. The van der Waals surface area contributed by atoms with Crippen molar-refractivity contribution in [3.8, 4) is 5.75 Å². The van der Waals surface area contributed by atoms with E-state index in [-0.39, 0.29) is 12.5 Å². The van der Waals surface area contributed by atoms with Crippen molar-refractivity contribution in [1.29, 1.82) is 0 Å². The second-order valence-electron chi connectivity index (χ2n) is 5.04. The van der Waals surface area contributed by atoms with Crippen LogP contribution in [0.5, 0.6) is 5.75 Å². The lowest BCUT2D eigenvalue weighted by atomic mass is 10.1. The largest absolute Gasteiger partial charge is 0.496 e. The van der Waals surface area contributed by atoms with Crippen molar-refractivity contribution in [2.45, 2.75) is 12.5 Å². The summed E-state index contributed by atoms with van der Waals surface area (Å²) in [4.78, 5) is 12.7. The van der Waals surface area contributed by atoms with Crippen LogP contribution in [0.2, 0.25) is 0 Å². The third-order valence-electron chi connectivity index (χ3n) is 3.21. The van der Waals surface area contributed by atoms with E-state index >= 15 is 0 Å². The van der Waals surface area contributed by atoms with Gasteiger partial charge in [-0.2, -0.15) is 0 Å².